The molecule has 0 bridgehead atoms. The Morgan fingerprint density at radius 2 is 1.74 bits per heavy atom. The molecule has 1 fully saturated rings. The fraction of sp³-hybridized carbons (Fsp3) is 0.400. The molecule has 0 spiro atoms. The fourth-order valence-corrected chi connectivity index (χ4v) is 3.85. The smallest absolute Gasteiger partial charge is 0.140 e. The maximum absolute atomic E-state index is 10.5. The van der Waals surface area contributed by atoms with Crippen molar-refractivity contribution in [2.75, 3.05) is 13.1 Å². The Hall–Kier alpha value is -2.83. The first-order valence-electron chi connectivity index (χ1n) is 10.7. The Morgan fingerprint density at radius 3 is 2.42 bits per heavy atom. The van der Waals surface area contributed by atoms with E-state index in [1.807, 2.05) is 38.1 Å². The lowest BCUT2D eigenvalue weighted by Gasteiger charge is -2.18. The maximum atomic E-state index is 10.5. The minimum atomic E-state index is -0.501. The molecule has 0 saturated carbocycles. The lowest BCUT2D eigenvalue weighted by molar-refractivity contribution is 0.0736. The molecule has 31 heavy (non-hydrogen) atoms. The molecule has 4 rings (SSSR count). The molecule has 6 nitrogen and oxygen atoms in total. The summed E-state index contributed by atoms with van der Waals surface area (Å²) >= 11 is 0. The van der Waals surface area contributed by atoms with Crippen LogP contribution < -0.4 is 9.47 Å². The topological polar surface area (TPSA) is 68.0 Å². The number of aliphatic hydroxyl groups excluding tert-OH is 1. The van der Waals surface area contributed by atoms with Crippen molar-refractivity contribution in [3.63, 3.8) is 0 Å². The van der Waals surface area contributed by atoms with Gasteiger partial charge in [0.1, 0.15) is 36.1 Å². The summed E-state index contributed by atoms with van der Waals surface area (Å²) in [5, 5.41) is 14.4. The molecular weight excluding hydrogens is 392 g/mol. The zero-order chi connectivity index (χ0) is 22.0. The molecular formula is C25H30N2O4. The third-order valence-corrected chi connectivity index (χ3v) is 5.97. The molecule has 6 heteroatoms. The van der Waals surface area contributed by atoms with Gasteiger partial charge in [0.25, 0.3) is 0 Å². The predicted molar refractivity (Wildman–Crippen MR) is 118 cm³/mol. The van der Waals surface area contributed by atoms with Gasteiger partial charge in [-0.2, -0.15) is 0 Å². The Kier molecular flexibility index (Phi) is 6.30. The molecule has 1 N–H and O–H groups in total. The average molecular weight is 423 g/mol. The van der Waals surface area contributed by atoms with Crippen LogP contribution in [0.15, 0.2) is 47.0 Å². The van der Waals surface area contributed by atoms with Crippen LogP contribution in [0, 0.1) is 27.7 Å². The number of benzene rings is 2. The van der Waals surface area contributed by atoms with E-state index in [0.29, 0.717) is 19.7 Å². The first kappa shape index (κ1) is 21.4. The zero-order valence-corrected chi connectivity index (χ0v) is 18.6. The van der Waals surface area contributed by atoms with E-state index in [1.54, 1.807) is 0 Å². The third-order valence-electron chi connectivity index (χ3n) is 5.97. The van der Waals surface area contributed by atoms with Crippen molar-refractivity contribution in [1.82, 2.24) is 10.1 Å². The number of aryl methyl sites for hydroxylation is 4. The average Bonchev–Trinajstić information content (AvgIpc) is 3.25. The quantitative estimate of drug-likeness (QED) is 0.618. The number of likely N-dealkylation sites (tertiary alicyclic amines) is 1. The van der Waals surface area contributed by atoms with E-state index in [9.17, 15) is 5.11 Å². The van der Waals surface area contributed by atoms with Gasteiger partial charge in [-0.05, 0) is 68.7 Å². The normalized spacial score (nSPS) is 19.0. The van der Waals surface area contributed by atoms with E-state index in [1.165, 1.54) is 16.7 Å². The number of nitrogens with zero attached hydrogens (tertiary/aromatic N) is 2. The van der Waals surface area contributed by atoms with E-state index < -0.39 is 6.10 Å². The van der Waals surface area contributed by atoms with E-state index in [2.05, 4.69) is 42.1 Å². The monoisotopic (exact) mass is 422 g/mol. The zero-order valence-electron chi connectivity index (χ0n) is 18.6. The predicted octanol–water partition coefficient (Wildman–Crippen LogP) is 4.11. The van der Waals surface area contributed by atoms with Gasteiger partial charge in [0, 0.05) is 19.6 Å². The molecule has 0 radical (unpaired) electrons. The summed E-state index contributed by atoms with van der Waals surface area (Å²) in [5.41, 5.74) is 5.45. The molecule has 3 aromatic rings. The first-order valence-corrected chi connectivity index (χ1v) is 10.7. The molecule has 1 aromatic heterocycles. The van der Waals surface area contributed by atoms with Crippen molar-refractivity contribution in [2.24, 2.45) is 0 Å². The van der Waals surface area contributed by atoms with Gasteiger partial charge in [0.15, 0.2) is 0 Å². The van der Waals surface area contributed by atoms with Crippen molar-refractivity contribution >= 4 is 0 Å². The molecule has 2 heterocycles. The molecule has 0 unspecified atom stereocenters. The molecule has 2 atom stereocenters. The number of ether oxygens (including phenoxy) is 2. The van der Waals surface area contributed by atoms with Crippen LogP contribution in [0.25, 0.3) is 0 Å². The van der Waals surface area contributed by atoms with Gasteiger partial charge in [-0.1, -0.05) is 23.4 Å². The molecule has 1 aliphatic rings. The highest BCUT2D eigenvalue weighted by atomic mass is 16.5. The van der Waals surface area contributed by atoms with E-state index in [0.717, 1.165) is 35.1 Å². The van der Waals surface area contributed by atoms with Crippen molar-refractivity contribution in [1.29, 1.82) is 0 Å². The van der Waals surface area contributed by atoms with Crippen molar-refractivity contribution in [2.45, 2.75) is 53.1 Å². The van der Waals surface area contributed by atoms with Crippen LogP contribution in [0.4, 0.5) is 0 Å². The number of hydrogen-bond acceptors (Lipinski definition) is 6. The van der Waals surface area contributed by atoms with Crippen LogP contribution in [0.5, 0.6) is 11.5 Å². The van der Waals surface area contributed by atoms with Gasteiger partial charge in [-0.15, -0.1) is 0 Å². The highest BCUT2D eigenvalue weighted by molar-refractivity contribution is 5.34. The summed E-state index contributed by atoms with van der Waals surface area (Å²) in [6.07, 6.45) is -0.723. The lowest BCUT2D eigenvalue weighted by Crippen LogP contribution is -2.29. The highest BCUT2D eigenvalue weighted by Gasteiger charge is 2.33. The SMILES string of the molecule is Cc1ccc(O[C@H]2CN(Cc3ccc(OCc4c(C)noc4C)cc3)C[C@@H]2O)cc1C. The van der Waals surface area contributed by atoms with Crippen LogP contribution in [-0.2, 0) is 13.2 Å². The Morgan fingerprint density at radius 1 is 1.00 bits per heavy atom. The second-order valence-corrected chi connectivity index (χ2v) is 8.40. The number of aliphatic hydroxyl groups is 1. The van der Waals surface area contributed by atoms with Gasteiger partial charge in [-0.25, -0.2) is 0 Å². The van der Waals surface area contributed by atoms with E-state index >= 15 is 0 Å². The molecule has 1 saturated heterocycles. The molecule has 2 aromatic carbocycles. The van der Waals surface area contributed by atoms with Gasteiger partial charge in [-0.3, -0.25) is 4.90 Å². The second kappa shape index (κ2) is 9.12. The minimum absolute atomic E-state index is 0.222. The Labute approximate surface area is 183 Å². The summed E-state index contributed by atoms with van der Waals surface area (Å²) in [6.45, 7) is 10.4. The summed E-state index contributed by atoms with van der Waals surface area (Å²) in [6, 6.07) is 14.1. The minimum Gasteiger partial charge on any atom is -0.489 e. The van der Waals surface area contributed by atoms with Gasteiger partial charge >= 0.3 is 0 Å². The number of rotatable bonds is 7. The standard InChI is InChI=1S/C25H30N2O4/c1-16-5-8-22(11-17(16)2)30-25-14-27(13-24(25)28)12-20-6-9-21(10-7-20)29-15-23-18(3)26-31-19(23)4/h5-11,24-25,28H,12-15H2,1-4H3/t24-,25-/m0/s1. The summed E-state index contributed by atoms with van der Waals surface area (Å²) in [7, 11) is 0. The van der Waals surface area contributed by atoms with Gasteiger partial charge in [0.2, 0.25) is 0 Å². The Bertz CT molecular complexity index is 1010. The number of hydrogen-bond donors (Lipinski definition) is 1. The molecule has 0 aliphatic carbocycles. The van der Waals surface area contributed by atoms with Crippen LogP contribution in [-0.4, -0.2) is 40.5 Å². The van der Waals surface area contributed by atoms with E-state index in [-0.39, 0.29) is 6.10 Å². The lowest BCUT2D eigenvalue weighted by atomic mass is 10.1. The largest absolute Gasteiger partial charge is 0.489 e. The van der Waals surface area contributed by atoms with Crippen LogP contribution in [0.3, 0.4) is 0 Å². The van der Waals surface area contributed by atoms with Gasteiger partial charge < -0.3 is 19.1 Å². The second-order valence-electron chi connectivity index (χ2n) is 8.40. The van der Waals surface area contributed by atoms with Crippen LogP contribution >= 0.6 is 0 Å². The summed E-state index contributed by atoms with van der Waals surface area (Å²) < 4.78 is 17.1. The molecule has 0 amide bonds. The molecule has 1 aliphatic heterocycles. The van der Waals surface area contributed by atoms with Crippen LogP contribution in [0.1, 0.15) is 33.7 Å². The van der Waals surface area contributed by atoms with Crippen LogP contribution in [0.2, 0.25) is 0 Å². The first-order chi connectivity index (χ1) is 14.9. The van der Waals surface area contributed by atoms with Crippen molar-refractivity contribution < 1.29 is 19.1 Å². The van der Waals surface area contributed by atoms with Crippen molar-refractivity contribution in [3.05, 3.63) is 76.2 Å². The number of β-amino-alcohol motifs (C(OH)–C–C–N with tert-alkyl or cyclic N) is 1. The highest BCUT2D eigenvalue weighted by Crippen LogP contribution is 2.24. The Balaban J connectivity index is 1.30. The molecule has 164 valence electrons. The van der Waals surface area contributed by atoms with E-state index in [4.69, 9.17) is 14.0 Å². The van der Waals surface area contributed by atoms with Gasteiger partial charge in [0.05, 0.1) is 11.3 Å². The third kappa shape index (κ3) is 5.09. The van der Waals surface area contributed by atoms with Crippen molar-refractivity contribution in [3.8, 4) is 11.5 Å². The summed E-state index contributed by atoms with van der Waals surface area (Å²) in [5.74, 6) is 2.41. The number of aromatic nitrogens is 1. The maximum Gasteiger partial charge on any atom is 0.140 e. The fourth-order valence-electron chi connectivity index (χ4n) is 3.85. The summed E-state index contributed by atoms with van der Waals surface area (Å²) in [4.78, 5) is 2.22.